The van der Waals surface area contributed by atoms with Crippen LogP contribution < -0.4 is 10.3 Å². The molecule has 34 heavy (non-hydrogen) atoms. The van der Waals surface area contributed by atoms with Crippen LogP contribution in [0.4, 0.5) is 0 Å². The first-order valence-corrected chi connectivity index (χ1v) is 11.8. The maximum atomic E-state index is 12.6. The van der Waals surface area contributed by atoms with Crippen molar-refractivity contribution in [3.63, 3.8) is 0 Å². The van der Waals surface area contributed by atoms with E-state index < -0.39 is 0 Å². The molecule has 0 fully saturated rings. The first kappa shape index (κ1) is 22.2. The van der Waals surface area contributed by atoms with Gasteiger partial charge in [-0.1, -0.05) is 47.6 Å². The summed E-state index contributed by atoms with van der Waals surface area (Å²) in [5, 5.41) is 10.5. The number of methoxy groups -OCH3 is 1. The third-order valence-electron chi connectivity index (χ3n) is 5.38. The van der Waals surface area contributed by atoms with E-state index in [-0.39, 0.29) is 10.8 Å². The minimum atomic E-state index is -0.197. The van der Waals surface area contributed by atoms with E-state index >= 15 is 0 Å². The van der Waals surface area contributed by atoms with Gasteiger partial charge in [0.2, 0.25) is 0 Å². The molecule has 3 aromatic carbocycles. The Labute approximate surface area is 204 Å². The van der Waals surface area contributed by atoms with Crippen molar-refractivity contribution in [1.82, 2.24) is 24.7 Å². The summed E-state index contributed by atoms with van der Waals surface area (Å²) in [4.78, 5) is 20.1. The first-order chi connectivity index (χ1) is 16.5. The number of hydrogen-bond acceptors (Lipinski definition) is 6. The molecular weight excluding hydrogens is 470 g/mol. The Morgan fingerprint density at radius 2 is 1.74 bits per heavy atom. The average Bonchev–Trinajstić information content (AvgIpc) is 3.27. The van der Waals surface area contributed by atoms with Gasteiger partial charge >= 0.3 is 0 Å². The lowest BCUT2D eigenvalue weighted by Crippen LogP contribution is -2.13. The van der Waals surface area contributed by atoms with E-state index in [2.05, 4.69) is 20.2 Å². The fourth-order valence-corrected chi connectivity index (χ4v) is 4.78. The van der Waals surface area contributed by atoms with E-state index in [4.69, 9.17) is 16.3 Å². The number of nitrogens with zero attached hydrogens (tertiary/aromatic N) is 4. The van der Waals surface area contributed by atoms with Crippen LogP contribution in [0.3, 0.4) is 0 Å². The second kappa shape index (κ2) is 9.32. The molecule has 0 aliphatic carbocycles. The SMILES string of the molecule is COc1ccc(-n2c(SC(C)c3nc4ccccc4c(=O)[nH]3)nnc2-c2ccccc2Cl)cc1. The van der Waals surface area contributed by atoms with Crippen LogP contribution in [0.15, 0.2) is 82.7 Å². The van der Waals surface area contributed by atoms with Crippen LogP contribution in [0.25, 0.3) is 28.0 Å². The lowest BCUT2D eigenvalue weighted by atomic mass is 10.2. The predicted molar refractivity (Wildman–Crippen MR) is 135 cm³/mol. The summed E-state index contributed by atoms with van der Waals surface area (Å²) in [7, 11) is 1.63. The predicted octanol–water partition coefficient (Wildman–Crippen LogP) is 5.69. The number of rotatable bonds is 6. The summed E-state index contributed by atoms with van der Waals surface area (Å²) < 4.78 is 7.26. The molecular formula is C25H20ClN5O2S. The van der Waals surface area contributed by atoms with Gasteiger partial charge < -0.3 is 9.72 Å². The smallest absolute Gasteiger partial charge is 0.258 e. The number of thioether (sulfide) groups is 1. The van der Waals surface area contributed by atoms with Gasteiger partial charge in [-0.25, -0.2) is 4.98 Å². The van der Waals surface area contributed by atoms with Gasteiger partial charge in [0.15, 0.2) is 11.0 Å². The molecule has 5 rings (SSSR count). The minimum Gasteiger partial charge on any atom is -0.497 e. The highest BCUT2D eigenvalue weighted by Gasteiger charge is 2.22. The van der Waals surface area contributed by atoms with Crippen molar-refractivity contribution in [1.29, 1.82) is 0 Å². The molecule has 2 aromatic heterocycles. The second-order valence-electron chi connectivity index (χ2n) is 7.55. The molecule has 170 valence electrons. The van der Waals surface area contributed by atoms with E-state index in [1.807, 2.05) is 78.2 Å². The van der Waals surface area contributed by atoms with Crippen molar-refractivity contribution in [2.45, 2.75) is 17.3 Å². The summed E-state index contributed by atoms with van der Waals surface area (Å²) in [6.07, 6.45) is 0. The third-order valence-corrected chi connectivity index (χ3v) is 6.76. The summed E-state index contributed by atoms with van der Waals surface area (Å²) in [6, 6.07) is 22.4. The zero-order chi connectivity index (χ0) is 23.7. The van der Waals surface area contributed by atoms with Crippen LogP contribution >= 0.6 is 23.4 Å². The Hall–Kier alpha value is -3.62. The van der Waals surface area contributed by atoms with Crippen molar-refractivity contribution in [3.05, 3.63) is 94.0 Å². The summed E-state index contributed by atoms with van der Waals surface area (Å²) in [6.45, 7) is 1.97. The number of fused-ring (bicyclic) bond motifs is 1. The monoisotopic (exact) mass is 489 g/mol. The van der Waals surface area contributed by atoms with Crippen molar-refractivity contribution in [3.8, 4) is 22.8 Å². The molecule has 0 aliphatic heterocycles. The Morgan fingerprint density at radius 1 is 1.00 bits per heavy atom. The zero-order valence-corrected chi connectivity index (χ0v) is 20.0. The molecule has 2 heterocycles. The number of hydrogen-bond donors (Lipinski definition) is 1. The Balaban J connectivity index is 1.59. The van der Waals surface area contributed by atoms with E-state index in [9.17, 15) is 4.79 Å². The Kier molecular flexibility index (Phi) is 6.08. The fraction of sp³-hybridized carbons (Fsp3) is 0.120. The largest absolute Gasteiger partial charge is 0.497 e. The average molecular weight is 490 g/mol. The highest BCUT2D eigenvalue weighted by Crippen LogP contribution is 2.37. The number of halogens is 1. The van der Waals surface area contributed by atoms with Crippen molar-refractivity contribution in [2.24, 2.45) is 0 Å². The maximum absolute atomic E-state index is 12.6. The summed E-state index contributed by atoms with van der Waals surface area (Å²) in [5.41, 5.74) is 2.11. The Morgan fingerprint density at radius 3 is 2.50 bits per heavy atom. The number of H-pyrrole nitrogens is 1. The molecule has 0 aliphatic rings. The molecule has 0 bridgehead atoms. The zero-order valence-electron chi connectivity index (χ0n) is 18.4. The highest BCUT2D eigenvalue weighted by atomic mass is 35.5. The van der Waals surface area contributed by atoms with E-state index in [0.717, 1.165) is 17.0 Å². The summed E-state index contributed by atoms with van der Waals surface area (Å²) in [5.74, 6) is 1.93. The molecule has 1 unspecified atom stereocenters. The maximum Gasteiger partial charge on any atom is 0.258 e. The Bertz CT molecular complexity index is 1530. The molecule has 7 nitrogen and oxygen atoms in total. The standard InChI is InChI=1S/C25H20ClN5O2S/c1-15(22-27-21-10-6-4-8-19(21)24(32)28-22)34-25-30-29-23(18-7-3-5-9-20(18)26)31(25)16-11-13-17(33-2)14-12-16/h3-15H,1-2H3,(H,27,28,32). The summed E-state index contributed by atoms with van der Waals surface area (Å²) >= 11 is 7.94. The fourth-order valence-electron chi connectivity index (χ4n) is 3.64. The molecule has 0 radical (unpaired) electrons. The number of benzene rings is 3. The van der Waals surface area contributed by atoms with E-state index in [1.54, 1.807) is 13.2 Å². The van der Waals surface area contributed by atoms with Gasteiger partial charge in [-0.15, -0.1) is 10.2 Å². The van der Waals surface area contributed by atoms with Crippen LogP contribution in [0, 0.1) is 0 Å². The number of para-hydroxylation sites is 1. The van der Waals surface area contributed by atoms with E-state index in [0.29, 0.717) is 32.7 Å². The highest BCUT2D eigenvalue weighted by molar-refractivity contribution is 7.99. The molecule has 9 heteroatoms. The lowest BCUT2D eigenvalue weighted by Gasteiger charge is -2.14. The van der Waals surface area contributed by atoms with Gasteiger partial charge in [-0.2, -0.15) is 0 Å². The van der Waals surface area contributed by atoms with Crippen molar-refractivity contribution >= 4 is 34.3 Å². The van der Waals surface area contributed by atoms with Crippen LogP contribution in [0.1, 0.15) is 18.0 Å². The number of aromatic amines is 1. The molecule has 0 saturated heterocycles. The van der Waals surface area contributed by atoms with E-state index in [1.165, 1.54) is 11.8 Å². The van der Waals surface area contributed by atoms with Crippen LogP contribution in [-0.2, 0) is 0 Å². The van der Waals surface area contributed by atoms with Gasteiger partial charge in [0.25, 0.3) is 5.56 Å². The van der Waals surface area contributed by atoms with Crippen LogP contribution in [-0.4, -0.2) is 31.8 Å². The lowest BCUT2D eigenvalue weighted by molar-refractivity contribution is 0.414. The van der Waals surface area contributed by atoms with Gasteiger partial charge in [0.05, 0.1) is 28.3 Å². The van der Waals surface area contributed by atoms with Gasteiger partial charge in [0.1, 0.15) is 11.6 Å². The molecule has 0 saturated carbocycles. The number of aromatic nitrogens is 5. The third kappa shape index (κ3) is 4.18. The van der Waals surface area contributed by atoms with Crippen LogP contribution in [0.2, 0.25) is 5.02 Å². The number of ether oxygens (including phenoxy) is 1. The van der Waals surface area contributed by atoms with Crippen molar-refractivity contribution < 1.29 is 4.74 Å². The minimum absolute atomic E-state index is 0.165. The number of nitrogens with one attached hydrogen (secondary N) is 1. The van der Waals surface area contributed by atoms with Crippen molar-refractivity contribution in [2.75, 3.05) is 7.11 Å². The molecule has 1 atom stereocenters. The molecule has 5 aromatic rings. The quantitative estimate of drug-likeness (QED) is 0.308. The normalized spacial score (nSPS) is 12.1. The topological polar surface area (TPSA) is 85.7 Å². The van der Waals surface area contributed by atoms with Gasteiger partial charge in [-0.05, 0) is 55.5 Å². The first-order valence-electron chi connectivity index (χ1n) is 10.6. The van der Waals surface area contributed by atoms with Gasteiger partial charge in [-0.3, -0.25) is 9.36 Å². The molecule has 0 amide bonds. The van der Waals surface area contributed by atoms with Crippen LogP contribution in [0.5, 0.6) is 5.75 Å². The molecule has 0 spiro atoms. The second-order valence-corrected chi connectivity index (χ2v) is 9.26. The molecule has 1 N–H and O–H groups in total. The van der Waals surface area contributed by atoms with Gasteiger partial charge in [0, 0.05) is 11.3 Å².